The second kappa shape index (κ2) is 5.41. The maximum absolute atomic E-state index is 4.65. The van der Waals surface area contributed by atoms with Crippen molar-refractivity contribution in [2.45, 2.75) is 61.2 Å². The summed E-state index contributed by atoms with van der Waals surface area (Å²) >= 11 is 3.89. The minimum atomic E-state index is 0.341. The molecule has 2 aliphatic rings. The number of fused-ring (bicyclic) bond motifs is 2. The number of aromatic nitrogens is 3. The second-order valence-corrected chi connectivity index (χ2v) is 8.61. The number of rotatable bonds is 2. The third-order valence-corrected chi connectivity index (χ3v) is 6.64. The van der Waals surface area contributed by atoms with E-state index in [0.717, 1.165) is 24.6 Å². The smallest absolute Gasteiger partial charge is 0.147 e. The lowest BCUT2D eigenvalue weighted by molar-refractivity contribution is 0.326. The van der Waals surface area contributed by atoms with Gasteiger partial charge in [-0.15, -0.1) is 23.1 Å². The summed E-state index contributed by atoms with van der Waals surface area (Å²) in [5.41, 5.74) is 1.48. The lowest BCUT2D eigenvalue weighted by Crippen LogP contribution is -2.34. The van der Waals surface area contributed by atoms with Crippen molar-refractivity contribution in [3.05, 3.63) is 28.7 Å². The van der Waals surface area contributed by atoms with Crippen LogP contribution in [0.1, 0.15) is 55.5 Å². The van der Waals surface area contributed by atoms with Crippen LogP contribution in [-0.4, -0.2) is 20.0 Å². The monoisotopic (exact) mass is 320 g/mol. The van der Waals surface area contributed by atoms with E-state index in [1.807, 2.05) is 30.0 Å². The third kappa shape index (κ3) is 2.53. The molecule has 21 heavy (non-hydrogen) atoms. The van der Waals surface area contributed by atoms with Crippen LogP contribution in [0.5, 0.6) is 0 Å². The van der Waals surface area contributed by atoms with Crippen molar-refractivity contribution in [1.82, 2.24) is 20.1 Å². The SMILES string of the molecule is Cc1nc2n(n1)CCC[C@@H]2N[C@H]1C[C@H](C)Sc2sccc21. The largest absolute Gasteiger partial charge is 0.300 e. The van der Waals surface area contributed by atoms with Gasteiger partial charge in [0.05, 0.1) is 10.3 Å². The van der Waals surface area contributed by atoms with Crippen molar-refractivity contribution < 1.29 is 0 Å². The number of aryl methyl sites for hydroxylation is 2. The van der Waals surface area contributed by atoms with Crippen LogP contribution in [-0.2, 0) is 6.54 Å². The Bertz CT molecular complexity index is 648. The average Bonchev–Trinajstić information content (AvgIpc) is 3.04. The topological polar surface area (TPSA) is 42.7 Å². The number of thiophene rings is 1. The molecule has 0 aliphatic carbocycles. The minimum Gasteiger partial charge on any atom is -0.300 e. The van der Waals surface area contributed by atoms with Crippen molar-refractivity contribution in [2.75, 3.05) is 0 Å². The molecule has 2 aromatic rings. The first-order chi connectivity index (χ1) is 10.2. The fourth-order valence-electron chi connectivity index (χ4n) is 3.38. The molecule has 0 bridgehead atoms. The molecule has 0 fully saturated rings. The molecule has 3 atom stereocenters. The highest BCUT2D eigenvalue weighted by Crippen LogP contribution is 2.44. The van der Waals surface area contributed by atoms with Gasteiger partial charge in [0.1, 0.15) is 11.6 Å². The first kappa shape index (κ1) is 13.8. The number of thioether (sulfide) groups is 1. The zero-order valence-electron chi connectivity index (χ0n) is 12.4. The van der Waals surface area contributed by atoms with E-state index in [9.17, 15) is 0 Å². The third-order valence-electron chi connectivity index (χ3n) is 4.29. The van der Waals surface area contributed by atoms with Gasteiger partial charge in [-0.2, -0.15) is 5.10 Å². The van der Waals surface area contributed by atoms with Gasteiger partial charge in [0.15, 0.2) is 0 Å². The van der Waals surface area contributed by atoms with Gasteiger partial charge in [0.2, 0.25) is 0 Å². The molecule has 1 N–H and O–H groups in total. The van der Waals surface area contributed by atoms with E-state index < -0.39 is 0 Å². The molecule has 4 nitrogen and oxygen atoms in total. The molecule has 0 radical (unpaired) electrons. The average molecular weight is 320 g/mol. The van der Waals surface area contributed by atoms with Crippen LogP contribution in [0.15, 0.2) is 15.7 Å². The molecule has 4 rings (SSSR count). The van der Waals surface area contributed by atoms with Gasteiger partial charge in [-0.05, 0) is 43.2 Å². The van der Waals surface area contributed by atoms with Gasteiger partial charge < -0.3 is 5.32 Å². The Balaban J connectivity index is 1.60. The Morgan fingerprint density at radius 3 is 3.19 bits per heavy atom. The van der Waals surface area contributed by atoms with E-state index in [1.165, 1.54) is 22.6 Å². The van der Waals surface area contributed by atoms with Crippen LogP contribution in [0.2, 0.25) is 0 Å². The van der Waals surface area contributed by atoms with Crippen molar-refractivity contribution >= 4 is 23.1 Å². The van der Waals surface area contributed by atoms with Crippen molar-refractivity contribution in [1.29, 1.82) is 0 Å². The van der Waals surface area contributed by atoms with Crippen molar-refractivity contribution in [3.63, 3.8) is 0 Å². The van der Waals surface area contributed by atoms with Crippen LogP contribution < -0.4 is 5.32 Å². The van der Waals surface area contributed by atoms with Crippen LogP contribution in [0, 0.1) is 6.92 Å². The van der Waals surface area contributed by atoms with Gasteiger partial charge in [0.25, 0.3) is 0 Å². The number of hydrogen-bond donors (Lipinski definition) is 1. The molecule has 0 unspecified atom stereocenters. The van der Waals surface area contributed by atoms with E-state index >= 15 is 0 Å². The van der Waals surface area contributed by atoms with E-state index in [4.69, 9.17) is 0 Å². The summed E-state index contributed by atoms with van der Waals surface area (Å²) in [6.45, 7) is 5.32. The minimum absolute atomic E-state index is 0.341. The number of hydrogen-bond acceptors (Lipinski definition) is 5. The Hall–Kier alpha value is -0.850. The fourth-order valence-corrected chi connectivity index (χ4v) is 5.94. The maximum Gasteiger partial charge on any atom is 0.147 e. The zero-order valence-corrected chi connectivity index (χ0v) is 14.0. The Morgan fingerprint density at radius 1 is 1.38 bits per heavy atom. The molecular weight excluding hydrogens is 300 g/mol. The lowest BCUT2D eigenvalue weighted by Gasteiger charge is -2.32. The standard InChI is InChI=1S/C15H20N4S2/c1-9-8-13(11-5-7-20-15(11)21-9)17-12-4-3-6-19-14(12)16-10(2)18-19/h5,7,9,12-13,17H,3-4,6,8H2,1-2H3/t9-,12-,13-/m0/s1. The van der Waals surface area contributed by atoms with Crippen LogP contribution >= 0.6 is 23.1 Å². The Morgan fingerprint density at radius 2 is 2.29 bits per heavy atom. The molecule has 112 valence electrons. The van der Waals surface area contributed by atoms with Crippen molar-refractivity contribution in [3.8, 4) is 0 Å². The highest BCUT2D eigenvalue weighted by atomic mass is 32.2. The zero-order chi connectivity index (χ0) is 14.4. The molecule has 0 saturated carbocycles. The van der Waals surface area contributed by atoms with E-state index in [2.05, 4.69) is 38.5 Å². The summed E-state index contributed by atoms with van der Waals surface area (Å²) < 4.78 is 3.58. The van der Waals surface area contributed by atoms with Crippen LogP contribution in [0.3, 0.4) is 0 Å². The molecule has 0 amide bonds. The molecule has 2 aromatic heterocycles. The number of nitrogens with one attached hydrogen (secondary N) is 1. The summed E-state index contributed by atoms with van der Waals surface area (Å²) in [6.07, 6.45) is 3.54. The fraction of sp³-hybridized carbons (Fsp3) is 0.600. The Labute approximate surface area is 133 Å². The molecule has 6 heteroatoms. The summed E-state index contributed by atoms with van der Waals surface area (Å²) in [5, 5.41) is 11.3. The van der Waals surface area contributed by atoms with Gasteiger partial charge in [-0.25, -0.2) is 9.67 Å². The summed E-state index contributed by atoms with van der Waals surface area (Å²) in [6, 6.07) is 3.08. The normalized spacial score (nSPS) is 28.2. The van der Waals surface area contributed by atoms with E-state index in [1.54, 1.807) is 0 Å². The lowest BCUT2D eigenvalue weighted by atomic mass is 10.0. The Kier molecular flexibility index (Phi) is 3.55. The quantitative estimate of drug-likeness (QED) is 0.916. The molecular formula is C15H20N4S2. The van der Waals surface area contributed by atoms with Crippen molar-refractivity contribution in [2.24, 2.45) is 0 Å². The maximum atomic E-state index is 4.65. The molecule has 0 saturated heterocycles. The highest BCUT2D eigenvalue weighted by molar-refractivity contribution is 8.01. The first-order valence-electron chi connectivity index (χ1n) is 7.62. The molecule has 0 spiro atoms. The first-order valence-corrected chi connectivity index (χ1v) is 9.38. The molecule has 0 aromatic carbocycles. The van der Waals surface area contributed by atoms with E-state index in [0.29, 0.717) is 17.3 Å². The van der Waals surface area contributed by atoms with E-state index in [-0.39, 0.29) is 0 Å². The van der Waals surface area contributed by atoms with Crippen LogP contribution in [0.4, 0.5) is 0 Å². The van der Waals surface area contributed by atoms with Crippen LogP contribution in [0.25, 0.3) is 0 Å². The predicted molar refractivity (Wildman–Crippen MR) is 86.9 cm³/mol. The molecule has 2 aliphatic heterocycles. The van der Waals surface area contributed by atoms with Gasteiger partial charge in [0, 0.05) is 17.8 Å². The predicted octanol–water partition coefficient (Wildman–Crippen LogP) is 3.70. The highest BCUT2D eigenvalue weighted by Gasteiger charge is 2.31. The van der Waals surface area contributed by atoms with Gasteiger partial charge in [-0.3, -0.25) is 0 Å². The van der Waals surface area contributed by atoms with Gasteiger partial charge >= 0.3 is 0 Å². The molecule has 4 heterocycles. The summed E-state index contributed by atoms with van der Waals surface area (Å²) in [7, 11) is 0. The summed E-state index contributed by atoms with van der Waals surface area (Å²) in [4.78, 5) is 4.65. The number of nitrogens with zero attached hydrogens (tertiary/aromatic N) is 3. The summed E-state index contributed by atoms with van der Waals surface area (Å²) in [5.74, 6) is 2.02. The van der Waals surface area contributed by atoms with Gasteiger partial charge in [-0.1, -0.05) is 6.92 Å². The second-order valence-electron chi connectivity index (χ2n) is 5.98.